The van der Waals surface area contributed by atoms with E-state index in [-0.39, 0.29) is 29.9 Å². The molecule has 6 nitrogen and oxygen atoms in total. The lowest BCUT2D eigenvalue weighted by molar-refractivity contribution is -0.120. The quantitative estimate of drug-likeness (QED) is 0.795. The topological polar surface area (TPSA) is 86.7 Å². The summed E-state index contributed by atoms with van der Waals surface area (Å²) in [6.45, 7) is 0.696. The number of benzene rings is 2. The van der Waals surface area contributed by atoms with Gasteiger partial charge in [-0.15, -0.1) is 0 Å². The number of aliphatic hydroxyl groups excluding tert-OH is 1. The van der Waals surface area contributed by atoms with Crippen molar-refractivity contribution in [3.05, 3.63) is 60.2 Å². The molecule has 0 saturated carbocycles. The molecule has 27 heavy (non-hydrogen) atoms. The van der Waals surface area contributed by atoms with Crippen molar-refractivity contribution in [2.24, 2.45) is 5.92 Å². The molecule has 1 saturated heterocycles. The Hall–Kier alpha value is -2.22. The zero-order chi connectivity index (χ0) is 19.3. The van der Waals surface area contributed by atoms with E-state index in [0.29, 0.717) is 31.5 Å². The van der Waals surface area contributed by atoms with Gasteiger partial charge >= 0.3 is 0 Å². The average Bonchev–Trinajstić information content (AvgIpc) is 2.70. The predicted octanol–water partition coefficient (Wildman–Crippen LogP) is 2.26. The minimum atomic E-state index is -3.58. The van der Waals surface area contributed by atoms with E-state index in [1.54, 1.807) is 42.5 Å². The largest absolute Gasteiger partial charge is 0.396 e. The van der Waals surface area contributed by atoms with E-state index < -0.39 is 10.0 Å². The molecule has 2 aromatic carbocycles. The molecule has 1 amide bonds. The molecule has 0 bridgehead atoms. The van der Waals surface area contributed by atoms with Crippen molar-refractivity contribution in [2.45, 2.75) is 24.2 Å². The second kappa shape index (κ2) is 8.65. The number of carbonyl (C=O) groups is 1. The van der Waals surface area contributed by atoms with E-state index in [4.69, 9.17) is 5.11 Å². The van der Waals surface area contributed by atoms with Crippen LogP contribution < -0.4 is 5.32 Å². The Kier molecular flexibility index (Phi) is 6.26. The van der Waals surface area contributed by atoms with Crippen molar-refractivity contribution in [3.63, 3.8) is 0 Å². The number of nitrogens with zero attached hydrogens (tertiary/aromatic N) is 1. The SMILES string of the molecule is O=C(Nc1ccc(CCO)cc1)[C@H]1CCCN(S(=O)(=O)c2ccccc2)C1. The van der Waals surface area contributed by atoms with Crippen molar-refractivity contribution < 1.29 is 18.3 Å². The highest BCUT2D eigenvalue weighted by molar-refractivity contribution is 7.89. The fourth-order valence-electron chi connectivity index (χ4n) is 3.24. The van der Waals surface area contributed by atoms with Gasteiger partial charge < -0.3 is 10.4 Å². The smallest absolute Gasteiger partial charge is 0.243 e. The predicted molar refractivity (Wildman–Crippen MR) is 104 cm³/mol. The van der Waals surface area contributed by atoms with E-state index in [2.05, 4.69) is 5.32 Å². The van der Waals surface area contributed by atoms with E-state index in [1.165, 1.54) is 4.31 Å². The van der Waals surface area contributed by atoms with Gasteiger partial charge in [-0.2, -0.15) is 4.31 Å². The van der Waals surface area contributed by atoms with Crippen molar-refractivity contribution in [1.82, 2.24) is 4.31 Å². The first-order chi connectivity index (χ1) is 13.0. The van der Waals surface area contributed by atoms with Gasteiger partial charge in [-0.1, -0.05) is 30.3 Å². The first-order valence-electron chi connectivity index (χ1n) is 9.06. The van der Waals surface area contributed by atoms with Crippen LogP contribution in [0.4, 0.5) is 5.69 Å². The summed E-state index contributed by atoms with van der Waals surface area (Å²) in [4.78, 5) is 12.9. The maximum Gasteiger partial charge on any atom is 0.243 e. The van der Waals surface area contributed by atoms with Gasteiger partial charge in [0.2, 0.25) is 15.9 Å². The number of sulfonamides is 1. The fourth-order valence-corrected chi connectivity index (χ4v) is 4.79. The molecule has 1 aliphatic rings. The molecule has 0 radical (unpaired) electrons. The summed E-state index contributed by atoms with van der Waals surface area (Å²) in [5.74, 6) is -0.549. The van der Waals surface area contributed by atoms with E-state index in [1.807, 2.05) is 12.1 Å². The van der Waals surface area contributed by atoms with Crippen LogP contribution in [-0.4, -0.2) is 43.4 Å². The fraction of sp³-hybridized carbons (Fsp3) is 0.350. The van der Waals surface area contributed by atoms with Gasteiger partial charge in [-0.3, -0.25) is 4.79 Å². The van der Waals surface area contributed by atoms with Crippen LogP contribution in [0.1, 0.15) is 18.4 Å². The summed E-state index contributed by atoms with van der Waals surface area (Å²) >= 11 is 0. The molecule has 2 aromatic rings. The number of rotatable bonds is 6. The Labute approximate surface area is 159 Å². The standard InChI is InChI=1S/C20H24N2O4S/c23-14-12-16-8-10-18(11-9-16)21-20(24)17-5-4-13-22(15-17)27(25,26)19-6-2-1-3-7-19/h1-3,6-11,17,23H,4-5,12-15H2,(H,21,24)/t17-/m0/s1. The Bertz CT molecular complexity index is 867. The third-order valence-electron chi connectivity index (χ3n) is 4.76. The molecule has 1 atom stereocenters. The molecule has 2 N–H and O–H groups in total. The van der Waals surface area contributed by atoms with Crippen molar-refractivity contribution >= 4 is 21.6 Å². The van der Waals surface area contributed by atoms with Crippen LogP contribution in [0.3, 0.4) is 0 Å². The third-order valence-corrected chi connectivity index (χ3v) is 6.64. The summed E-state index contributed by atoms with van der Waals surface area (Å²) in [5.41, 5.74) is 1.66. The molecule has 0 aromatic heterocycles. The molecule has 0 spiro atoms. The molecule has 1 fully saturated rings. The number of aliphatic hydroxyl groups is 1. The number of piperidine rings is 1. The van der Waals surface area contributed by atoms with Crippen LogP contribution in [-0.2, 0) is 21.2 Å². The van der Waals surface area contributed by atoms with E-state index in [9.17, 15) is 13.2 Å². The van der Waals surface area contributed by atoms with Crippen molar-refractivity contribution in [3.8, 4) is 0 Å². The summed E-state index contributed by atoms with van der Waals surface area (Å²) in [6, 6.07) is 15.6. The number of carbonyl (C=O) groups excluding carboxylic acids is 1. The Morgan fingerprint density at radius 1 is 1.11 bits per heavy atom. The zero-order valence-corrected chi connectivity index (χ0v) is 15.9. The molecular formula is C20H24N2O4S. The first kappa shape index (κ1) is 19.5. The van der Waals surface area contributed by atoms with Gasteiger partial charge in [0.25, 0.3) is 0 Å². The molecule has 144 valence electrons. The van der Waals surface area contributed by atoms with E-state index in [0.717, 1.165) is 5.56 Å². The molecule has 1 heterocycles. The van der Waals surface area contributed by atoms with Gasteiger partial charge in [0.15, 0.2) is 0 Å². The number of nitrogens with one attached hydrogen (secondary N) is 1. The summed E-state index contributed by atoms with van der Waals surface area (Å²) in [6.07, 6.45) is 1.89. The number of hydrogen-bond acceptors (Lipinski definition) is 4. The first-order valence-corrected chi connectivity index (χ1v) is 10.5. The normalized spacial score (nSPS) is 18.2. The van der Waals surface area contributed by atoms with Gasteiger partial charge in [0.1, 0.15) is 0 Å². The summed E-state index contributed by atoms with van der Waals surface area (Å²) < 4.78 is 27.0. The maximum absolute atomic E-state index is 12.8. The van der Waals surface area contributed by atoms with Crippen LogP contribution in [0.15, 0.2) is 59.5 Å². The summed E-state index contributed by atoms with van der Waals surface area (Å²) in [5, 5.41) is 11.8. The molecular weight excluding hydrogens is 364 g/mol. The number of hydrogen-bond donors (Lipinski definition) is 2. The van der Waals surface area contributed by atoms with Gasteiger partial charge in [0.05, 0.1) is 10.8 Å². The highest BCUT2D eigenvalue weighted by atomic mass is 32.2. The van der Waals surface area contributed by atoms with Crippen LogP contribution in [0.2, 0.25) is 0 Å². The maximum atomic E-state index is 12.8. The Morgan fingerprint density at radius 2 is 1.81 bits per heavy atom. The van der Waals surface area contributed by atoms with Crippen LogP contribution in [0.5, 0.6) is 0 Å². The minimum Gasteiger partial charge on any atom is -0.396 e. The number of amides is 1. The Balaban J connectivity index is 1.66. The van der Waals surface area contributed by atoms with Gasteiger partial charge in [-0.05, 0) is 49.1 Å². The average molecular weight is 388 g/mol. The lowest BCUT2D eigenvalue weighted by Gasteiger charge is -2.31. The lowest BCUT2D eigenvalue weighted by atomic mass is 9.98. The highest BCUT2D eigenvalue weighted by Gasteiger charge is 2.33. The van der Waals surface area contributed by atoms with Crippen LogP contribution >= 0.6 is 0 Å². The van der Waals surface area contributed by atoms with E-state index >= 15 is 0 Å². The van der Waals surface area contributed by atoms with Crippen LogP contribution in [0.25, 0.3) is 0 Å². The van der Waals surface area contributed by atoms with Gasteiger partial charge in [0, 0.05) is 25.4 Å². The second-order valence-electron chi connectivity index (χ2n) is 6.68. The minimum absolute atomic E-state index is 0.0828. The number of anilines is 1. The third kappa shape index (κ3) is 4.74. The highest BCUT2D eigenvalue weighted by Crippen LogP contribution is 2.24. The lowest BCUT2D eigenvalue weighted by Crippen LogP contribution is -2.43. The van der Waals surface area contributed by atoms with Gasteiger partial charge in [-0.25, -0.2) is 8.42 Å². The molecule has 0 aliphatic carbocycles. The molecule has 0 unspecified atom stereocenters. The van der Waals surface area contributed by atoms with Crippen molar-refractivity contribution in [1.29, 1.82) is 0 Å². The second-order valence-corrected chi connectivity index (χ2v) is 8.61. The zero-order valence-electron chi connectivity index (χ0n) is 15.0. The summed E-state index contributed by atoms with van der Waals surface area (Å²) in [7, 11) is -3.58. The van der Waals surface area contributed by atoms with Crippen LogP contribution in [0, 0.1) is 5.92 Å². The monoisotopic (exact) mass is 388 g/mol. The molecule has 3 rings (SSSR count). The molecule has 1 aliphatic heterocycles. The molecule has 7 heteroatoms. The Morgan fingerprint density at radius 3 is 2.48 bits per heavy atom. The van der Waals surface area contributed by atoms with Crippen molar-refractivity contribution in [2.75, 3.05) is 25.0 Å².